The van der Waals surface area contributed by atoms with Crippen molar-refractivity contribution in [3.8, 4) is 11.5 Å². The molecule has 0 bridgehead atoms. The van der Waals surface area contributed by atoms with Crippen molar-refractivity contribution in [3.05, 3.63) is 52.0 Å². The molecule has 4 heteroatoms. The summed E-state index contributed by atoms with van der Waals surface area (Å²) < 4.78 is 6.33. The molecule has 0 aliphatic carbocycles. The molecule has 0 saturated heterocycles. The van der Waals surface area contributed by atoms with Crippen molar-refractivity contribution >= 4 is 21.6 Å². The second-order valence-electron chi connectivity index (χ2n) is 4.31. The summed E-state index contributed by atoms with van der Waals surface area (Å²) in [5.74, 6) is 1.14. The molecule has 0 heterocycles. The number of aryl methyl sites for hydroxylation is 1. The average molecular weight is 322 g/mol. The number of phenols is 1. The Bertz CT molecular complexity index is 584. The van der Waals surface area contributed by atoms with Crippen LogP contribution in [0.4, 0.5) is 5.69 Å². The molecule has 2 rings (SSSR count). The fourth-order valence-corrected chi connectivity index (χ4v) is 2.21. The van der Waals surface area contributed by atoms with Gasteiger partial charge in [0.1, 0.15) is 11.5 Å². The molecular formula is C15H16BrNO2. The molecule has 0 aliphatic rings. The molecule has 100 valence electrons. The van der Waals surface area contributed by atoms with Crippen molar-refractivity contribution in [2.75, 3.05) is 12.4 Å². The summed E-state index contributed by atoms with van der Waals surface area (Å²) in [6.07, 6.45) is 0. The summed E-state index contributed by atoms with van der Waals surface area (Å²) >= 11 is 3.45. The van der Waals surface area contributed by atoms with Gasteiger partial charge in [-0.2, -0.15) is 0 Å². The van der Waals surface area contributed by atoms with Crippen molar-refractivity contribution in [3.63, 3.8) is 0 Å². The van der Waals surface area contributed by atoms with E-state index in [2.05, 4.69) is 21.2 Å². The lowest BCUT2D eigenvalue weighted by atomic mass is 10.1. The van der Waals surface area contributed by atoms with Gasteiger partial charge in [-0.3, -0.25) is 0 Å². The predicted octanol–water partition coefficient (Wildman–Crippen LogP) is 4.08. The Kier molecular flexibility index (Phi) is 4.32. The minimum absolute atomic E-state index is 0.297. The summed E-state index contributed by atoms with van der Waals surface area (Å²) in [5.41, 5.74) is 2.80. The van der Waals surface area contributed by atoms with E-state index < -0.39 is 0 Å². The minimum atomic E-state index is 0.297. The molecule has 19 heavy (non-hydrogen) atoms. The van der Waals surface area contributed by atoms with Gasteiger partial charge in [0.2, 0.25) is 0 Å². The van der Waals surface area contributed by atoms with E-state index >= 15 is 0 Å². The van der Waals surface area contributed by atoms with Crippen LogP contribution < -0.4 is 10.1 Å². The molecule has 0 radical (unpaired) electrons. The standard InChI is InChI=1S/C15H16BrNO2/c1-10-3-5-13(8-14(10)18)17-9-11-7-12(16)4-6-15(11)19-2/h3-8,17-18H,9H2,1-2H3. The summed E-state index contributed by atoms with van der Waals surface area (Å²) in [4.78, 5) is 0. The highest BCUT2D eigenvalue weighted by Gasteiger charge is 2.04. The molecule has 2 aromatic carbocycles. The first-order chi connectivity index (χ1) is 9.10. The lowest BCUT2D eigenvalue weighted by molar-refractivity contribution is 0.410. The Morgan fingerprint density at radius 2 is 2.00 bits per heavy atom. The lowest BCUT2D eigenvalue weighted by Crippen LogP contribution is -2.01. The second kappa shape index (κ2) is 5.97. The number of phenolic OH excluding ortho intramolecular Hbond substituents is 1. The number of rotatable bonds is 4. The van der Waals surface area contributed by atoms with E-state index in [9.17, 15) is 5.11 Å². The van der Waals surface area contributed by atoms with Crippen molar-refractivity contribution in [1.82, 2.24) is 0 Å². The first-order valence-electron chi connectivity index (χ1n) is 5.96. The van der Waals surface area contributed by atoms with Crippen LogP contribution in [0.2, 0.25) is 0 Å². The van der Waals surface area contributed by atoms with E-state index in [1.165, 1.54) is 0 Å². The minimum Gasteiger partial charge on any atom is -0.508 e. The summed E-state index contributed by atoms with van der Waals surface area (Å²) in [6.45, 7) is 2.50. The fourth-order valence-electron chi connectivity index (χ4n) is 1.80. The Labute approximate surface area is 121 Å². The molecular weight excluding hydrogens is 306 g/mol. The number of hydrogen-bond donors (Lipinski definition) is 2. The first-order valence-corrected chi connectivity index (χ1v) is 6.75. The van der Waals surface area contributed by atoms with E-state index in [-0.39, 0.29) is 0 Å². The van der Waals surface area contributed by atoms with E-state index in [4.69, 9.17) is 4.74 Å². The van der Waals surface area contributed by atoms with Crippen molar-refractivity contribution in [2.45, 2.75) is 13.5 Å². The fraction of sp³-hybridized carbons (Fsp3) is 0.200. The molecule has 0 unspecified atom stereocenters. The van der Waals surface area contributed by atoms with E-state index in [1.807, 2.05) is 37.3 Å². The topological polar surface area (TPSA) is 41.5 Å². The van der Waals surface area contributed by atoms with E-state index in [1.54, 1.807) is 13.2 Å². The molecule has 0 saturated carbocycles. The maximum Gasteiger partial charge on any atom is 0.123 e. The monoisotopic (exact) mass is 321 g/mol. The Balaban J connectivity index is 2.13. The van der Waals surface area contributed by atoms with Crippen LogP contribution in [0.25, 0.3) is 0 Å². The van der Waals surface area contributed by atoms with Gasteiger partial charge in [-0.15, -0.1) is 0 Å². The molecule has 0 aliphatic heterocycles. The maximum absolute atomic E-state index is 9.67. The Hall–Kier alpha value is -1.68. The number of nitrogens with one attached hydrogen (secondary N) is 1. The highest BCUT2D eigenvalue weighted by Crippen LogP contribution is 2.25. The zero-order valence-electron chi connectivity index (χ0n) is 10.9. The number of aromatic hydroxyl groups is 1. The average Bonchev–Trinajstić information content (AvgIpc) is 2.40. The molecule has 2 aromatic rings. The van der Waals surface area contributed by atoms with Gasteiger partial charge >= 0.3 is 0 Å². The number of anilines is 1. The van der Waals surface area contributed by atoms with Gasteiger partial charge in [0.05, 0.1) is 7.11 Å². The van der Waals surface area contributed by atoms with Crippen LogP contribution in [0.1, 0.15) is 11.1 Å². The number of benzene rings is 2. The normalized spacial score (nSPS) is 10.3. The predicted molar refractivity (Wildman–Crippen MR) is 80.9 cm³/mol. The van der Waals surface area contributed by atoms with Crippen LogP contribution in [-0.4, -0.2) is 12.2 Å². The number of halogens is 1. The van der Waals surface area contributed by atoms with Gasteiger partial charge in [-0.05, 0) is 36.8 Å². The molecule has 3 nitrogen and oxygen atoms in total. The zero-order chi connectivity index (χ0) is 13.8. The van der Waals surface area contributed by atoms with Gasteiger partial charge in [0, 0.05) is 28.3 Å². The van der Waals surface area contributed by atoms with Crippen LogP contribution in [0.3, 0.4) is 0 Å². The summed E-state index contributed by atoms with van der Waals surface area (Å²) in [7, 11) is 1.66. The number of methoxy groups -OCH3 is 1. The molecule has 2 N–H and O–H groups in total. The molecule has 0 fully saturated rings. The third kappa shape index (κ3) is 3.41. The van der Waals surface area contributed by atoms with Crippen molar-refractivity contribution in [1.29, 1.82) is 0 Å². The number of ether oxygens (including phenoxy) is 1. The Morgan fingerprint density at radius 3 is 2.68 bits per heavy atom. The third-order valence-corrected chi connectivity index (χ3v) is 3.43. The highest BCUT2D eigenvalue weighted by molar-refractivity contribution is 9.10. The quantitative estimate of drug-likeness (QED) is 0.891. The van der Waals surface area contributed by atoms with Crippen LogP contribution in [0, 0.1) is 6.92 Å². The van der Waals surface area contributed by atoms with Crippen LogP contribution in [0.5, 0.6) is 11.5 Å². The second-order valence-corrected chi connectivity index (χ2v) is 5.23. The van der Waals surface area contributed by atoms with Gasteiger partial charge in [0.25, 0.3) is 0 Å². The highest BCUT2D eigenvalue weighted by atomic mass is 79.9. The lowest BCUT2D eigenvalue weighted by Gasteiger charge is -2.12. The van der Waals surface area contributed by atoms with Crippen LogP contribution >= 0.6 is 15.9 Å². The third-order valence-electron chi connectivity index (χ3n) is 2.93. The summed E-state index contributed by atoms with van der Waals surface area (Å²) in [5, 5.41) is 12.9. The van der Waals surface area contributed by atoms with E-state index in [0.29, 0.717) is 12.3 Å². The van der Waals surface area contributed by atoms with Gasteiger partial charge < -0.3 is 15.2 Å². The van der Waals surface area contributed by atoms with Crippen LogP contribution in [-0.2, 0) is 6.54 Å². The zero-order valence-corrected chi connectivity index (χ0v) is 12.5. The van der Waals surface area contributed by atoms with Gasteiger partial charge in [0.15, 0.2) is 0 Å². The maximum atomic E-state index is 9.67. The van der Waals surface area contributed by atoms with Crippen molar-refractivity contribution < 1.29 is 9.84 Å². The molecule has 0 spiro atoms. The summed E-state index contributed by atoms with van der Waals surface area (Å²) in [6, 6.07) is 11.4. The first kappa shape index (κ1) is 13.7. The van der Waals surface area contributed by atoms with Crippen LogP contribution in [0.15, 0.2) is 40.9 Å². The molecule has 0 atom stereocenters. The van der Waals surface area contributed by atoms with Gasteiger partial charge in [-0.25, -0.2) is 0 Å². The van der Waals surface area contributed by atoms with Crippen molar-refractivity contribution in [2.24, 2.45) is 0 Å². The van der Waals surface area contributed by atoms with Gasteiger partial charge in [-0.1, -0.05) is 22.0 Å². The largest absolute Gasteiger partial charge is 0.508 e. The Morgan fingerprint density at radius 1 is 1.21 bits per heavy atom. The molecule has 0 aromatic heterocycles. The van der Waals surface area contributed by atoms with E-state index in [0.717, 1.165) is 27.0 Å². The smallest absolute Gasteiger partial charge is 0.123 e. The SMILES string of the molecule is COc1ccc(Br)cc1CNc1ccc(C)c(O)c1. The molecule has 0 amide bonds. The number of hydrogen-bond acceptors (Lipinski definition) is 3.